The highest BCUT2D eigenvalue weighted by Gasteiger charge is 2.58. The van der Waals surface area contributed by atoms with Crippen molar-refractivity contribution in [1.82, 2.24) is 9.58 Å². The van der Waals surface area contributed by atoms with Gasteiger partial charge in [0.05, 0.1) is 6.04 Å². The second-order valence-electron chi connectivity index (χ2n) is 9.72. The molecule has 0 spiro atoms. The molecule has 1 amide bonds. The number of benzene rings is 2. The van der Waals surface area contributed by atoms with Crippen molar-refractivity contribution in [3.05, 3.63) is 92.9 Å². The molecule has 0 radical (unpaired) electrons. The fraction of sp³-hybridized carbons (Fsp3) is 0.308. The lowest BCUT2D eigenvalue weighted by atomic mass is 9.51. The highest BCUT2D eigenvalue weighted by molar-refractivity contribution is 7.98. The van der Waals surface area contributed by atoms with Crippen molar-refractivity contribution in [2.75, 3.05) is 11.7 Å². The summed E-state index contributed by atoms with van der Waals surface area (Å²) in [6.45, 7) is 0.202. The van der Waals surface area contributed by atoms with Gasteiger partial charge in [-0.2, -0.15) is 0 Å². The molecular formula is C26H21F2N3O3S. The number of fused-ring (bicyclic) bond motifs is 3. The van der Waals surface area contributed by atoms with Crippen molar-refractivity contribution < 1.29 is 18.7 Å². The number of rotatable bonds is 2. The molecule has 2 bridgehead atoms. The zero-order valence-corrected chi connectivity index (χ0v) is 19.3. The van der Waals surface area contributed by atoms with Crippen LogP contribution in [0.3, 0.4) is 0 Å². The van der Waals surface area contributed by atoms with E-state index >= 15 is 4.39 Å². The summed E-state index contributed by atoms with van der Waals surface area (Å²) in [5.74, 6) is -1.64. The minimum absolute atomic E-state index is 0.0632. The van der Waals surface area contributed by atoms with Crippen molar-refractivity contribution in [1.29, 1.82) is 0 Å². The van der Waals surface area contributed by atoms with E-state index < -0.39 is 28.9 Å². The molecular weight excluding hydrogens is 472 g/mol. The van der Waals surface area contributed by atoms with E-state index in [1.165, 1.54) is 28.7 Å². The average Bonchev–Trinajstić information content (AvgIpc) is 2.96. The van der Waals surface area contributed by atoms with Gasteiger partial charge >= 0.3 is 0 Å². The van der Waals surface area contributed by atoms with Crippen LogP contribution >= 0.6 is 11.8 Å². The number of halogens is 2. The first kappa shape index (κ1) is 21.0. The van der Waals surface area contributed by atoms with Crippen molar-refractivity contribution in [3.8, 4) is 5.75 Å². The number of pyridine rings is 1. The monoisotopic (exact) mass is 493 g/mol. The van der Waals surface area contributed by atoms with Gasteiger partial charge in [-0.1, -0.05) is 24.3 Å². The van der Waals surface area contributed by atoms with Crippen molar-refractivity contribution >= 4 is 17.7 Å². The van der Waals surface area contributed by atoms with E-state index in [0.717, 1.165) is 29.4 Å². The molecule has 3 aliphatic carbocycles. The Bertz CT molecular complexity index is 1460. The summed E-state index contributed by atoms with van der Waals surface area (Å²) < 4.78 is 30.9. The van der Waals surface area contributed by atoms with Gasteiger partial charge in [-0.15, -0.1) is 11.8 Å². The van der Waals surface area contributed by atoms with E-state index in [2.05, 4.69) is 0 Å². The van der Waals surface area contributed by atoms with Gasteiger partial charge in [0, 0.05) is 34.5 Å². The molecule has 1 aromatic heterocycles. The SMILES string of the molecule is O=C1c2c(O)c(=O)ccn2N([C@@H]2c3ccccc3SCc3c2ccc(F)c3F)CN1C1C2CC1C2. The maximum atomic E-state index is 15.1. The summed E-state index contributed by atoms with van der Waals surface area (Å²) in [5.41, 5.74) is 1.04. The Morgan fingerprint density at radius 3 is 2.49 bits per heavy atom. The van der Waals surface area contributed by atoms with Crippen LogP contribution in [0.2, 0.25) is 0 Å². The Morgan fingerprint density at radius 2 is 1.74 bits per heavy atom. The molecule has 0 saturated heterocycles. The van der Waals surface area contributed by atoms with Crippen LogP contribution in [0.1, 0.15) is 46.1 Å². The standard InChI is InChI=1S/C26H21F2N3O3S/c27-18-6-5-15-17(21(18)28)11-35-20-4-2-1-3-16(20)23(15)31-12-29(22-13-9-14(22)10-13)26(34)24-25(33)19(32)7-8-30(24)31/h1-8,13-14,22-23,33H,9-12H2/t13?,14?,22?,23-/m0/s1. The number of aromatic nitrogens is 1. The summed E-state index contributed by atoms with van der Waals surface area (Å²) in [6, 6.07) is 11.2. The van der Waals surface area contributed by atoms with Gasteiger partial charge in [0.2, 0.25) is 5.43 Å². The molecule has 3 heterocycles. The van der Waals surface area contributed by atoms with Gasteiger partial charge in [0.15, 0.2) is 23.1 Å². The second kappa shape index (κ2) is 7.34. The van der Waals surface area contributed by atoms with Crippen molar-refractivity contribution in [2.24, 2.45) is 11.8 Å². The molecule has 1 N–H and O–H groups in total. The largest absolute Gasteiger partial charge is 0.502 e. The van der Waals surface area contributed by atoms with E-state index in [9.17, 15) is 19.1 Å². The van der Waals surface area contributed by atoms with Crippen LogP contribution in [0.15, 0.2) is 58.4 Å². The first-order valence-corrected chi connectivity index (χ1v) is 12.6. The molecule has 3 fully saturated rings. The summed E-state index contributed by atoms with van der Waals surface area (Å²) in [4.78, 5) is 28.6. The number of nitrogens with zero attached hydrogens (tertiary/aromatic N) is 3. The van der Waals surface area contributed by atoms with Gasteiger partial charge < -0.3 is 10.0 Å². The lowest BCUT2D eigenvalue weighted by Crippen LogP contribution is -2.69. The number of hydrogen-bond donors (Lipinski definition) is 1. The minimum Gasteiger partial charge on any atom is -0.502 e. The molecule has 5 aliphatic rings. The van der Waals surface area contributed by atoms with Gasteiger partial charge in [-0.05, 0) is 47.9 Å². The molecule has 2 aliphatic heterocycles. The third-order valence-corrected chi connectivity index (χ3v) is 9.15. The maximum absolute atomic E-state index is 15.1. The number of aromatic hydroxyl groups is 1. The molecule has 3 saturated carbocycles. The molecule has 6 nitrogen and oxygen atoms in total. The topological polar surface area (TPSA) is 65.8 Å². The van der Waals surface area contributed by atoms with Gasteiger partial charge in [0.25, 0.3) is 5.91 Å². The van der Waals surface area contributed by atoms with Gasteiger partial charge in [-0.25, -0.2) is 8.78 Å². The van der Waals surface area contributed by atoms with Gasteiger partial charge in [0.1, 0.15) is 6.67 Å². The van der Waals surface area contributed by atoms with Crippen LogP contribution in [0.4, 0.5) is 8.78 Å². The Balaban J connectivity index is 1.47. The normalized spacial score (nSPS) is 26.2. The highest BCUT2D eigenvalue weighted by Crippen LogP contribution is 2.57. The van der Waals surface area contributed by atoms with E-state index in [1.807, 2.05) is 29.3 Å². The Hall–Kier alpha value is -3.33. The van der Waals surface area contributed by atoms with Crippen molar-refractivity contribution in [2.45, 2.75) is 35.6 Å². The second-order valence-corrected chi connectivity index (χ2v) is 10.7. The molecule has 8 rings (SSSR count). The fourth-order valence-electron chi connectivity index (χ4n) is 6.05. The van der Waals surface area contributed by atoms with Crippen LogP contribution in [-0.4, -0.2) is 33.3 Å². The van der Waals surface area contributed by atoms with Crippen LogP contribution in [0.5, 0.6) is 5.75 Å². The van der Waals surface area contributed by atoms with Crippen LogP contribution < -0.4 is 10.4 Å². The first-order valence-electron chi connectivity index (χ1n) is 11.6. The molecule has 2 aromatic carbocycles. The first-order chi connectivity index (χ1) is 16.9. The maximum Gasteiger partial charge on any atom is 0.278 e. The number of amides is 1. The number of hydrogen-bond acceptors (Lipinski definition) is 5. The highest BCUT2D eigenvalue weighted by atomic mass is 32.2. The van der Waals surface area contributed by atoms with Crippen LogP contribution in [-0.2, 0) is 5.75 Å². The summed E-state index contributed by atoms with van der Waals surface area (Å²) in [5, 5.41) is 12.6. The third-order valence-electron chi connectivity index (χ3n) is 8.04. The van der Waals surface area contributed by atoms with Crippen LogP contribution in [0, 0.1) is 23.5 Å². The zero-order chi connectivity index (χ0) is 24.0. The zero-order valence-electron chi connectivity index (χ0n) is 18.5. The number of thioether (sulfide) groups is 1. The predicted molar refractivity (Wildman–Crippen MR) is 126 cm³/mol. The third kappa shape index (κ3) is 2.81. The average molecular weight is 494 g/mol. The smallest absolute Gasteiger partial charge is 0.278 e. The Kier molecular flexibility index (Phi) is 4.40. The summed E-state index contributed by atoms with van der Waals surface area (Å²) in [7, 11) is 0. The predicted octanol–water partition coefficient (Wildman–Crippen LogP) is 3.99. The number of carbonyl (C=O) groups excluding carboxylic acids is 1. The molecule has 3 aromatic rings. The van der Waals surface area contributed by atoms with Gasteiger partial charge in [-0.3, -0.25) is 19.3 Å². The molecule has 1 atom stereocenters. The summed E-state index contributed by atoms with van der Waals surface area (Å²) in [6.07, 6.45) is 3.64. The number of carbonyl (C=O) groups is 1. The Labute approximate surface area is 203 Å². The van der Waals surface area contributed by atoms with E-state index in [0.29, 0.717) is 17.4 Å². The Morgan fingerprint density at radius 1 is 0.971 bits per heavy atom. The molecule has 0 unspecified atom stereocenters. The van der Waals surface area contributed by atoms with E-state index in [-0.39, 0.29) is 35.6 Å². The van der Waals surface area contributed by atoms with E-state index in [1.54, 1.807) is 11.0 Å². The van der Waals surface area contributed by atoms with Crippen molar-refractivity contribution in [3.63, 3.8) is 0 Å². The quantitative estimate of drug-likeness (QED) is 0.585. The van der Waals surface area contributed by atoms with Crippen LogP contribution in [0.25, 0.3) is 0 Å². The summed E-state index contributed by atoms with van der Waals surface area (Å²) >= 11 is 1.44. The molecule has 178 valence electrons. The fourth-order valence-corrected chi connectivity index (χ4v) is 7.16. The lowest BCUT2D eigenvalue weighted by Gasteiger charge is -2.63. The van der Waals surface area contributed by atoms with E-state index in [4.69, 9.17) is 0 Å². The molecule has 35 heavy (non-hydrogen) atoms. The molecule has 9 heteroatoms. The minimum atomic E-state index is -0.902. The lowest BCUT2D eigenvalue weighted by molar-refractivity contribution is -0.103.